The van der Waals surface area contributed by atoms with Crippen molar-refractivity contribution >= 4 is 22.4 Å². The molecular weight excluding hydrogens is 410 g/mol. The van der Waals surface area contributed by atoms with Gasteiger partial charge in [0.05, 0.1) is 29.0 Å². The van der Waals surface area contributed by atoms with Crippen molar-refractivity contribution in [2.75, 3.05) is 29.9 Å². The summed E-state index contributed by atoms with van der Waals surface area (Å²) >= 11 is 0. The fourth-order valence-corrected chi connectivity index (χ4v) is 4.40. The van der Waals surface area contributed by atoms with E-state index >= 15 is 0 Å². The van der Waals surface area contributed by atoms with Gasteiger partial charge in [-0.1, -0.05) is 36.4 Å². The molecule has 2 aromatic heterocycles. The lowest BCUT2D eigenvalue weighted by Gasteiger charge is -2.38. The van der Waals surface area contributed by atoms with Crippen LogP contribution in [-0.2, 0) is 4.74 Å². The van der Waals surface area contributed by atoms with Crippen molar-refractivity contribution in [1.29, 1.82) is 5.26 Å². The summed E-state index contributed by atoms with van der Waals surface area (Å²) in [6.45, 7) is 4.27. The van der Waals surface area contributed by atoms with Gasteiger partial charge in [-0.3, -0.25) is 4.98 Å². The van der Waals surface area contributed by atoms with Gasteiger partial charge in [0.2, 0.25) is 0 Å². The van der Waals surface area contributed by atoms with Gasteiger partial charge in [0.25, 0.3) is 0 Å². The number of hydrogen-bond acceptors (Lipinski definition) is 6. The van der Waals surface area contributed by atoms with Gasteiger partial charge in [0.1, 0.15) is 11.9 Å². The van der Waals surface area contributed by atoms with E-state index in [4.69, 9.17) is 9.72 Å². The maximum atomic E-state index is 9.45. The Morgan fingerprint density at radius 1 is 1.03 bits per heavy atom. The maximum Gasteiger partial charge on any atom is 0.126 e. The molecular formula is C27H25N5O. The van der Waals surface area contributed by atoms with Crippen LogP contribution in [0.3, 0.4) is 0 Å². The summed E-state index contributed by atoms with van der Waals surface area (Å²) in [6, 6.07) is 26.3. The lowest BCUT2D eigenvalue weighted by molar-refractivity contribution is -0.00823. The summed E-state index contributed by atoms with van der Waals surface area (Å²) in [7, 11) is 0. The third kappa shape index (κ3) is 4.50. The molecule has 33 heavy (non-hydrogen) atoms. The van der Waals surface area contributed by atoms with Crippen LogP contribution in [0.2, 0.25) is 0 Å². The Kier molecular flexibility index (Phi) is 5.88. The smallest absolute Gasteiger partial charge is 0.126 e. The molecule has 1 saturated heterocycles. The minimum absolute atomic E-state index is 0.00158. The highest BCUT2D eigenvalue weighted by atomic mass is 16.5. The number of ether oxygens (including phenoxy) is 1. The molecule has 2 atom stereocenters. The summed E-state index contributed by atoms with van der Waals surface area (Å²) in [4.78, 5) is 11.6. The van der Waals surface area contributed by atoms with Crippen molar-refractivity contribution < 1.29 is 4.74 Å². The molecule has 0 saturated carbocycles. The fourth-order valence-electron chi connectivity index (χ4n) is 4.40. The second kappa shape index (κ2) is 9.27. The van der Waals surface area contributed by atoms with Gasteiger partial charge in [0, 0.05) is 42.5 Å². The molecule has 0 amide bonds. The Hall–Kier alpha value is -3.95. The quantitative estimate of drug-likeness (QED) is 0.482. The number of pyridine rings is 2. The normalized spacial score (nSPS) is 18.1. The first-order valence-electron chi connectivity index (χ1n) is 11.2. The van der Waals surface area contributed by atoms with Crippen LogP contribution >= 0.6 is 0 Å². The molecule has 6 nitrogen and oxygen atoms in total. The predicted octanol–water partition coefficient (Wildman–Crippen LogP) is 4.87. The number of benzene rings is 2. The average molecular weight is 436 g/mol. The van der Waals surface area contributed by atoms with E-state index in [9.17, 15) is 5.26 Å². The fraction of sp³-hybridized carbons (Fsp3) is 0.222. The minimum Gasteiger partial charge on any atom is -0.370 e. The molecule has 1 aliphatic rings. The van der Waals surface area contributed by atoms with Gasteiger partial charge in [-0.25, -0.2) is 4.98 Å². The van der Waals surface area contributed by atoms with Crippen molar-refractivity contribution in [2.24, 2.45) is 0 Å². The van der Waals surface area contributed by atoms with Gasteiger partial charge in [-0.15, -0.1) is 0 Å². The van der Waals surface area contributed by atoms with Gasteiger partial charge in [0.15, 0.2) is 0 Å². The molecule has 0 spiro atoms. The van der Waals surface area contributed by atoms with Crippen molar-refractivity contribution in [2.45, 2.75) is 19.1 Å². The monoisotopic (exact) mass is 435 g/mol. The van der Waals surface area contributed by atoms with E-state index in [1.807, 2.05) is 60.7 Å². The van der Waals surface area contributed by atoms with Gasteiger partial charge >= 0.3 is 0 Å². The standard InChI is InChI=1S/C27H25N5O/c1-19-17-32(25-13-12-21(15-28)27-23(25)9-6-14-29-27)18-22(33-19)16-30-26-11-5-10-24(31-26)20-7-3-2-4-8-20/h2-14,19,22H,16-18H2,1H3,(H,30,31)/t19-,22+/m1/s1. The summed E-state index contributed by atoms with van der Waals surface area (Å²) in [5.74, 6) is 0.831. The van der Waals surface area contributed by atoms with Gasteiger partial charge < -0.3 is 15.0 Å². The van der Waals surface area contributed by atoms with Crippen LogP contribution < -0.4 is 10.2 Å². The van der Waals surface area contributed by atoms with Crippen LogP contribution in [0.4, 0.5) is 11.5 Å². The van der Waals surface area contributed by atoms with E-state index in [0.717, 1.165) is 46.8 Å². The van der Waals surface area contributed by atoms with E-state index in [1.165, 1.54) is 0 Å². The van der Waals surface area contributed by atoms with E-state index in [0.29, 0.717) is 12.1 Å². The third-order valence-electron chi connectivity index (χ3n) is 5.86. The third-order valence-corrected chi connectivity index (χ3v) is 5.86. The van der Waals surface area contributed by atoms with Crippen LogP contribution in [0.1, 0.15) is 12.5 Å². The highest BCUT2D eigenvalue weighted by molar-refractivity contribution is 5.95. The molecule has 164 valence electrons. The zero-order valence-electron chi connectivity index (χ0n) is 18.5. The predicted molar refractivity (Wildman–Crippen MR) is 131 cm³/mol. The van der Waals surface area contributed by atoms with Crippen molar-refractivity contribution in [1.82, 2.24) is 9.97 Å². The van der Waals surface area contributed by atoms with Gasteiger partial charge in [-0.05, 0) is 43.3 Å². The Morgan fingerprint density at radius 2 is 1.91 bits per heavy atom. The van der Waals surface area contributed by atoms with E-state index < -0.39 is 0 Å². The van der Waals surface area contributed by atoms with Crippen LogP contribution in [0.25, 0.3) is 22.2 Å². The highest BCUT2D eigenvalue weighted by Crippen LogP contribution is 2.30. The summed E-state index contributed by atoms with van der Waals surface area (Å²) in [5.41, 5.74) is 4.46. The second-order valence-corrected chi connectivity index (χ2v) is 8.27. The Bertz CT molecular complexity index is 1300. The SMILES string of the molecule is C[C@@H]1CN(c2ccc(C#N)c3ncccc23)C[C@H](CNc2cccc(-c3ccccc3)n2)O1. The number of nitriles is 1. The molecule has 5 rings (SSSR count). The Balaban J connectivity index is 1.33. The van der Waals surface area contributed by atoms with Crippen molar-refractivity contribution in [3.05, 3.63) is 84.6 Å². The lowest BCUT2D eigenvalue weighted by Crippen LogP contribution is -2.49. The molecule has 2 aromatic carbocycles. The molecule has 1 aliphatic heterocycles. The molecule has 3 heterocycles. The van der Waals surface area contributed by atoms with Gasteiger partial charge in [-0.2, -0.15) is 5.26 Å². The number of anilines is 2. The van der Waals surface area contributed by atoms with Crippen LogP contribution in [0.5, 0.6) is 0 Å². The van der Waals surface area contributed by atoms with Crippen molar-refractivity contribution in [3.8, 4) is 17.3 Å². The summed E-state index contributed by atoms with van der Waals surface area (Å²) in [5, 5.41) is 13.9. The number of morpholine rings is 1. The Morgan fingerprint density at radius 3 is 2.76 bits per heavy atom. The minimum atomic E-state index is -0.00158. The molecule has 1 fully saturated rings. The molecule has 1 N–H and O–H groups in total. The first-order valence-corrected chi connectivity index (χ1v) is 11.2. The van der Waals surface area contributed by atoms with Crippen molar-refractivity contribution in [3.63, 3.8) is 0 Å². The van der Waals surface area contributed by atoms with Crippen LogP contribution in [0, 0.1) is 11.3 Å². The first kappa shape index (κ1) is 20.9. The molecule has 0 bridgehead atoms. The zero-order valence-corrected chi connectivity index (χ0v) is 18.5. The maximum absolute atomic E-state index is 9.45. The topological polar surface area (TPSA) is 74.1 Å². The number of nitrogens with one attached hydrogen (secondary N) is 1. The molecule has 4 aromatic rings. The average Bonchev–Trinajstić information content (AvgIpc) is 2.87. The Labute approximate surface area is 193 Å². The van der Waals surface area contributed by atoms with Crippen LogP contribution in [0.15, 0.2) is 79.0 Å². The molecule has 0 unspecified atom stereocenters. The number of rotatable bonds is 5. The number of fused-ring (bicyclic) bond motifs is 1. The summed E-state index contributed by atoms with van der Waals surface area (Å²) in [6.07, 6.45) is 1.81. The van der Waals surface area contributed by atoms with E-state index in [1.54, 1.807) is 6.20 Å². The first-order chi connectivity index (χ1) is 16.2. The molecule has 6 heteroatoms. The molecule has 0 aliphatic carbocycles. The van der Waals surface area contributed by atoms with E-state index in [2.05, 4.69) is 40.3 Å². The van der Waals surface area contributed by atoms with E-state index in [-0.39, 0.29) is 12.2 Å². The number of aromatic nitrogens is 2. The zero-order chi connectivity index (χ0) is 22.6. The second-order valence-electron chi connectivity index (χ2n) is 8.27. The number of hydrogen-bond donors (Lipinski definition) is 1. The van der Waals surface area contributed by atoms with Crippen LogP contribution in [-0.4, -0.2) is 41.8 Å². The molecule has 0 radical (unpaired) electrons. The largest absolute Gasteiger partial charge is 0.370 e. The lowest BCUT2D eigenvalue weighted by atomic mass is 10.1. The summed E-state index contributed by atoms with van der Waals surface area (Å²) < 4.78 is 6.23. The number of nitrogens with zero attached hydrogens (tertiary/aromatic N) is 4. The highest BCUT2D eigenvalue weighted by Gasteiger charge is 2.27.